The Morgan fingerprint density at radius 3 is 2.64 bits per heavy atom. The van der Waals surface area contributed by atoms with Crippen molar-refractivity contribution in [3.63, 3.8) is 0 Å². The van der Waals surface area contributed by atoms with Crippen molar-refractivity contribution in [1.29, 1.82) is 0 Å². The van der Waals surface area contributed by atoms with Gasteiger partial charge in [-0.1, -0.05) is 24.3 Å². The van der Waals surface area contributed by atoms with Gasteiger partial charge in [-0.05, 0) is 50.6 Å². The summed E-state index contributed by atoms with van der Waals surface area (Å²) in [5.74, 6) is 0.866. The van der Waals surface area contributed by atoms with Crippen molar-refractivity contribution in [3.8, 4) is 11.4 Å². The van der Waals surface area contributed by atoms with Crippen molar-refractivity contribution in [2.75, 3.05) is 13.7 Å². The minimum Gasteiger partial charge on any atom is -0.496 e. The zero-order chi connectivity index (χ0) is 19.9. The first-order valence-electron chi connectivity index (χ1n) is 9.70. The average Bonchev–Trinajstić information content (AvgIpc) is 3.12. The largest absolute Gasteiger partial charge is 0.496 e. The molecule has 1 aromatic heterocycles. The van der Waals surface area contributed by atoms with Gasteiger partial charge in [0.05, 0.1) is 25.6 Å². The van der Waals surface area contributed by atoms with Crippen molar-refractivity contribution < 1.29 is 9.47 Å². The van der Waals surface area contributed by atoms with Crippen LogP contribution in [0.4, 0.5) is 0 Å². The molecule has 0 aliphatic carbocycles. The molecule has 2 aromatic carbocycles. The van der Waals surface area contributed by atoms with E-state index in [9.17, 15) is 0 Å². The minimum atomic E-state index is 0.190. The Hall–Kier alpha value is -2.63. The van der Waals surface area contributed by atoms with Crippen LogP contribution in [0.15, 0.2) is 54.7 Å². The van der Waals surface area contributed by atoms with Crippen LogP contribution in [0.2, 0.25) is 0 Å². The molecule has 0 saturated carbocycles. The number of hydrogen-bond acceptors (Lipinski definition) is 4. The molecule has 0 spiro atoms. The molecule has 0 aliphatic heterocycles. The average molecular weight is 380 g/mol. The molecule has 5 heteroatoms. The minimum absolute atomic E-state index is 0.190. The lowest BCUT2D eigenvalue weighted by Crippen LogP contribution is -2.19. The van der Waals surface area contributed by atoms with Gasteiger partial charge in [-0.15, -0.1) is 0 Å². The van der Waals surface area contributed by atoms with Crippen LogP contribution in [0.25, 0.3) is 5.69 Å². The van der Waals surface area contributed by atoms with Crippen LogP contribution in [0.5, 0.6) is 5.75 Å². The van der Waals surface area contributed by atoms with Crippen molar-refractivity contribution in [2.45, 2.75) is 40.0 Å². The topological polar surface area (TPSA) is 48.3 Å². The summed E-state index contributed by atoms with van der Waals surface area (Å²) in [5, 5.41) is 8.18. The summed E-state index contributed by atoms with van der Waals surface area (Å²) in [5.41, 5.74) is 5.71. The molecule has 0 fully saturated rings. The van der Waals surface area contributed by atoms with Crippen molar-refractivity contribution in [3.05, 3.63) is 77.1 Å². The molecule has 3 rings (SSSR count). The van der Waals surface area contributed by atoms with E-state index < -0.39 is 0 Å². The van der Waals surface area contributed by atoms with Crippen LogP contribution in [-0.2, 0) is 17.9 Å². The molecule has 0 radical (unpaired) electrons. The molecule has 28 heavy (non-hydrogen) atoms. The molecule has 5 nitrogen and oxygen atoms in total. The summed E-state index contributed by atoms with van der Waals surface area (Å²) in [7, 11) is 1.69. The molecular formula is C23H29N3O2. The first-order chi connectivity index (χ1) is 13.6. The molecule has 0 saturated heterocycles. The third-order valence-corrected chi connectivity index (χ3v) is 4.93. The summed E-state index contributed by atoms with van der Waals surface area (Å²) >= 11 is 0. The standard InChI is InChI=1S/C23H29N3O2/c1-5-28-16-20-13-19(11-12-23(20)27-4)14-24-17(2)22-15-25-26(18(22)3)21-9-7-6-8-10-21/h6-13,15,17,24H,5,14,16H2,1-4H3. The van der Waals surface area contributed by atoms with Crippen LogP contribution in [0.1, 0.15) is 42.3 Å². The van der Waals surface area contributed by atoms with Crippen molar-refractivity contribution in [2.24, 2.45) is 0 Å². The number of para-hydroxylation sites is 1. The summed E-state index contributed by atoms with van der Waals surface area (Å²) in [6.07, 6.45) is 1.95. The predicted molar refractivity (Wildman–Crippen MR) is 112 cm³/mol. The van der Waals surface area contributed by atoms with E-state index in [4.69, 9.17) is 9.47 Å². The summed E-state index contributed by atoms with van der Waals surface area (Å²) in [4.78, 5) is 0. The van der Waals surface area contributed by atoms with E-state index in [1.165, 1.54) is 11.1 Å². The molecule has 1 atom stereocenters. The van der Waals surface area contributed by atoms with Crippen molar-refractivity contribution in [1.82, 2.24) is 15.1 Å². The van der Waals surface area contributed by atoms with E-state index in [1.807, 2.05) is 42.1 Å². The Morgan fingerprint density at radius 2 is 1.93 bits per heavy atom. The van der Waals surface area contributed by atoms with Crippen LogP contribution in [0.3, 0.4) is 0 Å². The molecule has 1 heterocycles. The third-order valence-electron chi connectivity index (χ3n) is 4.93. The van der Waals surface area contributed by atoms with Gasteiger partial charge in [-0.3, -0.25) is 0 Å². The Kier molecular flexibility index (Phi) is 6.85. The normalized spacial score (nSPS) is 12.1. The van der Waals surface area contributed by atoms with Gasteiger partial charge >= 0.3 is 0 Å². The smallest absolute Gasteiger partial charge is 0.124 e. The SMILES string of the molecule is CCOCc1cc(CNC(C)c2cnn(-c3ccccc3)c2C)ccc1OC. The highest BCUT2D eigenvalue weighted by Gasteiger charge is 2.14. The number of nitrogens with zero attached hydrogens (tertiary/aromatic N) is 2. The second kappa shape index (κ2) is 9.53. The molecule has 3 aromatic rings. The maximum atomic E-state index is 5.56. The van der Waals surface area contributed by atoms with E-state index in [-0.39, 0.29) is 6.04 Å². The fourth-order valence-electron chi connectivity index (χ4n) is 3.32. The molecule has 0 amide bonds. The van der Waals surface area contributed by atoms with E-state index in [1.54, 1.807) is 7.11 Å². The van der Waals surface area contributed by atoms with Gasteiger partial charge in [0.2, 0.25) is 0 Å². The maximum Gasteiger partial charge on any atom is 0.124 e. The number of ether oxygens (including phenoxy) is 2. The van der Waals surface area contributed by atoms with Gasteiger partial charge in [0, 0.05) is 36.0 Å². The molecule has 0 aliphatic rings. The quantitative estimate of drug-likeness (QED) is 0.591. The molecule has 1 N–H and O–H groups in total. The zero-order valence-corrected chi connectivity index (χ0v) is 17.1. The van der Waals surface area contributed by atoms with Crippen molar-refractivity contribution >= 4 is 0 Å². The summed E-state index contributed by atoms with van der Waals surface area (Å²) in [6.45, 7) is 8.29. The van der Waals surface area contributed by atoms with E-state index in [0.717, 1.165) is 29.2 Å². The summed E-state index contributed by atoms with van der Waals surface area (Å²) < 4.78 is 13.0. The Labute approximate surface area is 167 Å². The molecular weight excluding hydrogens is 350 g/mol. The highest BCUT2D eigenvalue weighted by Crippen LogP contribution is 2.23. The Bertz CT molecular complexity index is 890. The van der Waals surface area contributed by atoms with Crippen LogP contribution >= 0.6 is 0 Å². The van der Waals surface area contributed by atoms with Crippen LogP contribution < -0.4 is 10.1 Å². The number of nitrogens with one attached hydrogen (secondary N) is 1. The molecule has 148 valence electrons. The van der Waals surface area contributed by atoms with E-state index in [0.29, 0.717) is 13.2 Å². The number of benzene rings is 2. The van der Waals surface area contributed by atoms with E-state index >= 15 is 0 Å². The second-order valence-electron chi connectivity index (χ2n) is 6.82. The zero-order valence-electron chi connectivity index (χ0n) is 17.1. The lowest BCUT2D eigenvalue weighted by Gasteiger charge is -2.16. The van der Waals surface area contributed by atoms with E-state index in [2.05, 4.69) is 48.5 Å². The lowest BCUT2D eigenvalue weighted by atomic mass is 10.1. The van der Waals surface area contributed by atoms with Gasteiger partial charge in [0.15, 0.2) is 0 Å². The number of rotatable bonds is 9. The lowest BCUT2D eigenvalue weighted by molar-refractivity contribution is 0.132. The first-order valence-corrected chi connectivity index (χ1v) is 9.70. The highest BCUT2D eigenvalue weighted by atomic mass is 16.5. The predicted octanol–water partition coefficient (Wildman–Crippen LogP) is 4.58. The third kappa shape index (κ3) is 4.61. The first kappa shape index (κ1) is 20.1. The maximum absolute atomic E-state index is 5.56. The van der Waals surface area contributed by atoms with Gasteiger partial charge in [-0.2, -0.15) is 5.10 Å². The fraction of sp³-hybridized carbons (Fsp3) is 0.348. The highest BCUT2D eigenvalue weighted by molar-refractivity contribution is 5.37. The Balaban J connectivity index is 1.69. The Morgan fingerprint density at radius 1 is 1.14 bits per heavy atom. The number of aromatic nitrogens is 2. The van der Waals surface area contributed by atoms with Gasteiger partial charge in [0.1, 0.15) is 5.75 Å². The van der Waals surface area contributed by atoms with Crippen LogP contribution in [0, 0.1) is 6.92 Å². The fourth-order valence-corrected chi connectivity index (χ4v) is 3.32. The number of hydrogen-bond donors (Lipinski definition) is 1. The molecule has 0 bridgehead atoms. The summed E-state index contributed by atoms with van der Waals surface area (Å²) in [6, 6.07) is 16.6. The van der Waals surface area contributed by atoms with Gasteiger partial charge in [0.25, 0.3) is 0 Å². The van der Waals surface area contributed by atoms with Gasteiger partial charge in [-0.25, -0.2) is 4.68 Å². The van der Waals surface area contributed by atoms with Gasteiger partial charge < -0.3 is 14.8 Å². The monoisotopic (exact) mass is 379 g/mol. The number of methoxy groups -OCH3 is 1. The van der Waals surface area contributed by atoms with Crippen LogP contribution in [-0.4, -0.2) is 23.5 Å². The second-order valence-corrected chi connectivity index (χ2v) is 6.82. The molecule has 1 unspecified atom stereocenters.